The van der Waals surface area contributed by atoms with Crippen LogP contribution in [0, 0.1) is 21.7 Å². The van der Waals surface area contributed by atoms with Crippen LogP contribution < -0.4 is 10.6 Å². The molecule has 2 aromatic rings. The maximum Gasteiger partial charge on any atom is 0.271 e. The number of nitro benzene ring substituents is 1. The van der Waals surface area contributed by atoms with Crippen LogP contribution in [0.1, 0.15) is 18.5 Å². The Balaban J connectivity index is 2.09. The van der Waals surface area contributed by atoms with E-state index in [4.69, 9.17) is 23.8 Å². The molecule has 0 aromatic heterocycles. The molecule has 24 heavy (non-hydrogen) atoms. The Morgan fingerprint density at radius 3 is 2.58 bits per heavy atom. The standard InChI is InChI=1S/C15H12ClF2N3O2S/c1-8(9-2-5-12(17)13(18)6-9)19-15(24)20-14-7-10(21(22)23)3-4-11(14)16/h2-8H,1H3,(H2,19,20,24)/t8-/m0/s1. The molecule has 0 fully saturated rings. The number of thiocarbonyl (C=S) groups is 1. The number of anilines is 1. The van der Waals surface area contributed by atoms with Crippen LogP contribution in [0.5, 0.6) is 0 Å². The largest absolute Gasteiger partial charge is 0.356 e. The Morgan fingerprint density at radius 1 is 1.25 bits per heavy atom. The second kappa shape index (κ2) is 7.50. The van der Waals surface area contributed by atoms with E-state index < -0.39 is 22.6 Å². The second-order valence-electron chi connectivity index (χ2n) is 4.91. The van der Waals surface area contributed by atoms with Gasteiger partial charge >= 0.3 is 0 Å². The molecule has 0 saturated carbocycles. The molecule has 126 valence electrons. The van der Waals surface area contributed by atoms with E-state index in [1.165, 1.54) is 24.3 Å². The average molecular weight is 372 g/mol. The highest BCUT2D eigenvalue weighted by molar-refractivity contribution is 7.80. The molecule has 0 bridgehead atoms. The maximum atomic E-state index is 13.3. The highest BCUT2D eigenvalue weighted by Gasteiger charge is 2.13. The lowest BCUT2D eigenvalue weighted by Crippen LogP contribution is -2.31. The number of halogens is 3. The van der Waals surface area contributed by atoms with Crippen molar-refractivity contribution < 1.29 is 13.7 Å². The summed E-state index contributed by atoms with van der Waals surface area (Å²) in [6, 6.07) is 7.00. The molecule has 0 radical (unpaired) electrons. The molecular formula is C15H12ClF2N3O2S. The summed E-state index contributed by atoms with van der Waals surface area (Å²) in [6.07, 6.45) is 0. The summed E-state index contributed by atoms with van der Waals surface area (Å²) in [5.41, 5.74) is 0.613. The smallest absolute Gasteiger partial charge is 0.271 e. The lowest BCUT2D eigenvalue weighted by molar-refractivity contribution is -0.384. The van der Waals surface area contributed by atoms with Crippen molar-refractivity contribution in [1.29, 1.82) is 0 Å². The number of hydrogen-bond acceptors (Lipinski definition) is 3. The van der Waals surface area contributed by atoms with Gasteiger partial charge in [-0.15, -0.1) is 0 Å². The Kier molecular flexibility index (Phi) is 5.63. The minimum absolute atomic E-state index is 0.134. The fraction of sp³-hybridized carbons (Fsp3) is 0.133. The van der Waals surface area contributed by atoms with Crippen LogP contribution in [0.3, 0.4) is 0 Å². The van der Waals surface area contributed by atoms with Crippen LogP contribution in [0.25, 0.3) is 0 Å². The van der Waals surface area contributed by atoms with E-state index in [0.717, 1.165) is 12.1 Å². The van der Waals surface area contributed by atoms with Gasteiger partial charge in [0.2, 0.25) is 0 Å². The van der Waals surface area contributed by atoms with Crippen LogP contribution in [-0.2, 0) is 0 Å². The van der Waals surface area contributed by atoms with Gasteiger partial charge in [0.25, 0.3) is 5.69 Å². The van der Waals surface area contributed by atoms with Crippen LogP contribution in [-0.4, -0.2) is 10.0 Å². The molecule has 9 heteroatoms. The zero-order valence-electron chi connectivity index (χ0n) is 12.3. The van der Waals surface area contributed by atoms with Gasteiger partial charge in [-0.25, -0.2) is 8.78 Å². The van der Waals surface area contributed by atoms with Gasteiger partial charge in [0, 0.05) is 12.1 Å². The lowest BCUT2D eigenvalue weighted by atomic mass is 10.1. The zero-order chi connectivity index (χ0) is 17.9. The molecule has 0 aliphatic rings. The molecule has 0 aliphatic carbocycles. The van der Waals surface area contributed by atoms with E-state index in [-0.39, 0.29) is 21.5 Å². The van der Waals surface area contributed by atoms with Gasteiger partial charge in [-0.05, 0) is 42.9 Å². The van der Waals surface area contributed by atoms with E-state index in [2.05, 4.69) is 10.6 Å². The van der Waals surface area contributed by atoms with Crippen molar-refractivity contribution in [2.45, 2.75) is 13.0 Å². The molecule has 0 aliphatic heterocycles. The van der Waals surface area contributed by atoms with Crippen LogP contribution in [0.4, 0.5) is 20.2 Å². The third kappa shape index (κ3) is 4.36. The summed E-state index contributed by atoms with van der Waals surface area (Å²) >= 11 is 11.1. The number of nitrogens with zero attached hydrogens (tertiary/aromatic N) is 1. The van der Waals surface area contributed by atoms with Crippen molar-refractivity contribution in [1.82, 2.24) is 5.32 Å². The number of rotatable bonds is 4. The first kappa shape index (κ1) is 18.0. The average Bonchev–Trinajstić information content (AvgIpc) is 2.51. The predicted octanol–water partition coefficient (Wildman–Crippen LogP) is 4.57. The molecule has 5 nitrogen and oxygen atoms in total. The Labute approximate surface area is 146 Å². The summed E-state index contributed by atoms with van der Waals surface area (Å²) < 4.78 is 26.2. The second-order valence-corrected chi connectivity index (χ2v) is 5.73. The molecule has 2 aromatic carbocycles. The normalized spacial score (nSPS) is 11.7. The summed E-state index contributed by atoms with van der Waals surface area (Å²) in [5, 5.41) is 16.8. The number of non-ortho nitro benzene ring substituents is 1. The molecule has 1 atom stereocenters. The van der Waals surface area contributed by atoms with Crippen molar-refractivity contribution in [3.63, 3.8) is 0 Å². The van der Waals surface area contributed by atoms with Gasteiger partial charge in [-0.2, -0.15) is 0 Å². The van der Waals surface area contributed by atoms with Crippen LogP contribution >= 0.6 is 23.8 Å². The molecule has 0 spiro atoms. The van der Waals surface area contributed by atoms with E-state index in [1.54, 1.807) is 6.92 Å². The number of benzene rings is 2. The SMILES string of the molecule is C[C@H](NC(=S)Nc1cc([N+](=O)[O-])ccc1Cl)c1ccc(F)c(F)c1. The molecule has 2 N–H and O–H groups in total. The highest BCUT2D eigenvalue weighted by atomic mass is 35.5. The van der Waals surface area contributed by atoms with Crippen LogP contribution in [0.15, 0.2) is 36.4 Å². The molecule has 2 rings (SSSR count). The quantitative estimate of drug-likeness (QED) is 0.468. The number of hydrogen-bond donors (Lipinski definition) is 2. The molecule has 0 heterocycles. The van der Waals surface area contributed by atoms with Crippen molar-refractivity contribution in [2.24, 2.45) is 0 Å². The van der Waals surface area contributed by atoms with Gasteiger partial charge in [-0.1, -0.05) is 17.7 Å². The number of nitro groups is 1. The van der Waals surface area contributed by atoms with Gasteiger partial charge in [0.15, 0.2) is 16.7 Å². The summed E-state index contributed by atoms with van der Waals surface area (Å²) in [6.45, 7) is 1.70. The topological polar surface area (TPSA) is 67.2 Å². The minimum Gasteiger partial charge on any atom is -0.356 e. The highest BCUT2D eigenvalue weighted by Crippen LogP contribution is 2.26. The third-order valence-electron chi connectivity index (χ3n) is 3.20. The molecule has 0 unspecified atom stereocenters. The molecular weight excluding hydrogens is 360 g/mol. The predicted molar refractivity (Wildman–Crippen MR) is 92.2 cm³/mol. The molecule has 0 amide bonds. The van der Waals surface area contributed by atoms with Crippen LogP contribution in [0.2, 0.25) is 5.02 Å². The maximum absolute atomic E-state index is 13.3. The fourth-order valence-corrected chi connectivity index (χ4v) is 2.39. The Bertz CT molecular complexity index is 804. The van der Waals surface area contributed by atoms with Crippen molar-refractivity contribution >= 4 is 40.3 Å². The number of nitrogens with one attached hydrogen (secondary N) is 2. The van der Waals surface area contributed by atoms with E-state index in [9.17, 15) is 18.9 Å². The lowest BCUT2D eigenvalue weighted by Gasteiger charge is -2.18. The Hall–Kier alpha value is -2.32. The molecule has 0 saturated heterocycles. The summed E-state index contributed by atoms with van der Waals surface area (Å²) in [7, 11) is 0. The van der Waals surface area contributed by atoms with Crippen molar-refractivity contribution in [3.05, 3.63) is 68.7 Å². The van der Waals surface area contributed by atoms with Gasteiger partial charge in [0.1, 0.15) is 0 Å². The summed E-state index contributed by atoms with van der Waals surface area (Å²) in [4.78, 5) is 10.2. The van der Waals surface area contributed by atoms with Crippen molar-refractivity contribution in [2.75, 3.05) is 5.32 Å². The monoisotopic (exact) mass is 371 g/mol. The fourth-order valence-electron chi connectivity index (χ4n) is 1.94. The Morgan fingerprint density at radius 2 is 1.96 bits per heavy atom. The van der Waals surface area contributed by atoms with Crippen molar-refractivity contribution in [3.8, 4) is 0 Å². The zero-order valence-corrected chi connectivity index (χ0v) is 13.9. The van der Waals surface area contributed by atoms with E-state index in [0.29, 0.717) is 5.56 Å². The first-order valence-corrected chi connectivity index (χ1v) is 7.53. The summed E-state index contributed by atoms with van der Waals surface area (Å²) in [5.74, 6) is -1.89. The van der Waals surface area contributed by atoms with Gasteiger partial charge in [-0.3, -0.25) is 10.1 Å². The minimum atomic E-state index is -0.957. The van der Waals surface area contributed by atoms with Gasteiger partial charge < -0.3 is 10.6 Å². The first-order valence-electron chi connectivity index (χ1n) is 6.74. The van der Waals surface area contributed by atoms with E-state index in [1.807, 2.05) is 0 Å². The van der Waals surface area contributed by atoms with Gasteiger partial charge in [0.05, 0.1) is 21.7 Å². The third-order valence-corrected chi connectivity index (χ3v) is 3.75. The van der Waals surface area contributed by atoms with E-state index >= 15 is 0 Å². The first-order chi connectivity index (χ1) is 11.3.